The summed E-state index contributed by atoms with van der Waals surface area (Å²) in [6.07, 6.45) is 1.10. The number of hydrogen-bond acceptors (Lipinski definition) is 5. The number of ether oxygens (including phenoxy) is 1. The Labute approximate surface area is 121 Å². The SMILES string of the molecule is Cc1c(N)nc(C(C)(C)C)nc1NC(C)C1CCOC1. The highest BCUT2D eigenvalue weighted by atomic mass is 16.5. The molecular weight excluding hydrogens is 252 g/mol. The monoisotopic (exact) mass is 278 g/mol. The third-order valence-electron chi connectivity index (χ3n) is 3.89. The second kappa shape index (κ2) is 5.56. The molecule has 0 aliphatic carbocycles. The van der Waals surface area contributed by atoms with Crippen LogP contribution >= 0.6 is 0 Å². The van der Waals surface area contributed by atoms with Crippen molar-refractivity contribution in [2.45, 2.75) is 52.5 Å². The average Bonchev–Trinajstić information content (AvgIpc) is 2.87. The van der Waals surface area contributed by atoms with Crippen molar-refractivity contribution in [1.82, 2.24) is 9.97 Å². The van der Waals surface area contributed by atoms with Crippen LogP contribution < -0.4 is 11.1 Å². The fraction of sp³-hybridized carbons (Fsp3) is 0.733. The number of nitrogens with two attached hydrogens (primary N) is 1. The van der Waals surface area contributed by atoms with Crippen molar-refractivity contribution in [2.75, 3.05) is 24.3 Å². The maximum atomic E-state index is 6.03. The largest absolute Gasteiger partial charge is 0.383 e. The molecule has 5 heteroatoms. The highest BCUT2D eigenvalue weighted by Gasteiger charge is 2.25. The van der Waals surface area contributed by atoms with Gasteiger partial charge in [0.25, 0.3) is 0 Å². The van der Waals surface area contributed by atoms with Gasteiger partial charge in [0.2, 0.25) is 0 Å². The molecule has 0 saturated carbocycles. The Bertz CT molecular complexity index is 475. The van der Waals surface area contributed by atoms with E-state index in [2.05, 4.69) is 43.0 Å². The van der Waals surface area contributed by atoms with Gasteiger partial charge in [-0.1, -0.05) is 20.8 Å². The van der Waals surface area contributed by atoms with E-state index in [1.165, 1.54) is 0 Å². The maximum absolute atomic E-state index is 6.03. The van der Waals surface area contributed by atoms with Gasteiger partial charge in [-0.05, 0) is 20.3 Å². The molecule has 2 unspecified atom stereocenters. The molecule has 0 amide bonds. The van der Waals surface area contributed by atoms with Gasteiger partial charge in [0, 0.05) is 29.5 Å². The van der Waals surface area contributed by atoms with E-state index in [4.69, 9.17) is 10.5 Å². The number of nitrogen functional groups attached to an aromatic ring is 1. The molecule has 1 fully saturated rings. The third kappa shape index (κ3) is 3.20. The van der Waals surface area contributed by atoms with E-state index < -0.39 is 0 Å². The van der Waals surface area contributed by atoms with Gasteiger partial charge in [0.1, 0.15) is 17.5 Å². The van der Waals surface area contributed by atoms with Gasteiger partial charge in [-0.15, -0.1) is 0 Å². The summed E-state index contributed by atoms with van der Waals surface area (Å²) in [5, 5.41) is 3.49. The zero-order chi connectivity index (χ0) is 14.9. The minimum Gasteiger partial charge on any atom is -0.383 e. The first kappa shape index (κ1) is 15.0. The highest BCUT2D eigenvalue weighted by Crippen LogP contribution is 2.27. The number of nitrogens with zero attached hydrogens (tertiary/aromatic N) is 2. The Kier molecular flexibility index (Phi) is 4.18. The predicted molar refractivity (Wildman–Crippen MR) is 81.9 cm³/mol. The van der Waals surface area contributed by atoms with E-state index in [0.29, 0.717) is 17.8 Å². The van der Waals surface area contributed by atoms with Gasteiger partial charge >= 0.3 is 0 Å². The Morgan fingerprint density at radius 2 is 2.05 bits per heavy atom. The molecule has 0 aromatic carbocycles. The number of hydrogen-bond donors (Lipinski definition) is 2. The standard InChI is InChI=1S/C15H26N4O/c1-9-12(16)18-14(15(3,4)5)19-13(9)17-10(2)11-6-7-20-8-11/h10-11H,6-8H2,1-5H3,(H3,16,17,18,19). The van der Waals surface area contributed by atoms with E-state index in [0.717, 1.165) is 36.8 Å². The van der Waals surface area contributed by atoms with Gasteiger partial charge in [-0.2, -0.15) is 0 Å². The van der Waals surface area contributed by atoms with E-state index in [1.54, 1.807) is 0 Å². The smallest absolute Gasteiger partial charge is 0.138 e. The van der Waals surface area contributed by atoms with Crippen LogP contribution in [0.5, 0.6) is 0 Å². The maximum Gasteiger partial charge on any atom is 0.138 e. The number of nitrogens with one attached hydrogen (secondary N) is 1. The van der Waals surface area contributed by atoms with Crippen LogP contribution in [0, 0.1) is 12.8 Å². The second-order valence-electron chi connectivity index (χ2n) is 6.71. The van der Waals surface area contributed by atoms with Crippen LogP contribution in [0.3, 0.4) is 0 Å². The zero-order valence-electron chi connectivity index (χ0n) is 13.2. The lowest BCUT2D eigenvalue weighted by atomic mass is 9.95. The van der Waals surface area contributed by atoms with Gasteiger partial charge in [-0.25, -0.2) is 9.97 Å². The van der Waals surface area contributed by atoms with E-state index in [1.807, 2.05) is 6.92 Å². The van der Waals surface area contributed by atoms with Crippen LogP contribution in [-0.2, 0) is 10.2 Å². The Hall–Kier alpha value is -1.36. The lowest BCUT2D eigenvalue weighted by molar-refractivity contribution is 0.183. The van der Waals surface area contributed by atoms with Crippen molar-refractivity contribution in [3.8, 4) is 0 Å². The summed E-state index contributed by atoms with van der Waals surface area (Å²) in [5.74, 6) is 2.71. The minimum absolute atomic E-state index is 0.113. The molecule has 0 radical (unpaired) electrons. The van der Waals surface area contributed by atoms with Crippen LogP contribution in [0.15, 0.2) is 0 Å². The normalized spacial score (nSPS) is 20.9. The van der Waals surface area contributed by atoms with Crippen molar-refractivity contribution in [3.63, 3.8) is 0 Å². The van der Waals surface area contributed by atoms with Crippen LogP contribution in [0.1, 0.15) is 45.5 Å². The molecule has 1 aromatic rings. The van der Waals surface area contributed by atoms with Gasteiger partial charge < -0.3 is 15.8 Å². The minimum atomic E-state index is -0.113. The summed E-state index contributed by atoms with van der Waals surface area (Å²) < 4.78 is 5.45. The van der Waals surface area contributed by atoms with Gasteiger partial charge in [0.15, 0.2) is 0 Å². The molecule has 1 aliphatic rings. The first-order valence-electron chi connectivity index (χ1n) is 7.28. The van der Waals surface area contributed by atoms with Gasteiger partial charge in [0.05, 0.1) is 6.61 Å². The van der Waals surface area contributed by atoms with Gasteiger partial charge in [-0.3, -0.25) is 0 Å². The number of anilines is 2. The molecule has 112 valence electrons. The highest BCUT2D eigenvalue weighted by molar-refractivity contribution is 5.55. The summed E-state index contributed by atoms with van der Waals surface area (Å²) in [6.45, 7) is 12.1. The van der Waals surface area contributed by atoms with E-state index >= 15 is 0 Å². The summed E-state index contributed by atoms with van der Waals surface area (Å²) in [6, 6.07) is 0.318. The first-order chi connectivity index (χ1) is 9.29. The molecule has 0 spiro atoms. The Balaban J connectivity index is 2.23. The van der Waals surface area contributed by atoms with Crippen LogP contribution in [0.2, 0.25) is 0 Å². The lowest BCUT2D eigenvalue weighted by Gasteiger charge is -2.24. The molecule has 1 saturated heterocycles. The quantitative estimate of drug-likeness (QED) is 0.888. The molecule has 2 heterocycles. The first-order valence-corrected chi connectivity index (χ1v) is 7.28. The third-order valence-corrected chi connectivity index (χ3v) is 3.89. The number of aromatic nitrogens is 2. The Morgan fingerprint density at radius 3 is 2.60 bits per heavy atom. The van der Waals surface area contributed by atoms with E-state index in [9.17, 15) is 0 Å². The van der Waals surface area contributed by atoms with E-state index in [-0.39, 0.29) is 5.41 Å². The lowest BCUT2D eigenvalue weighted by Crippen LogP contribution is -2.28. The topological polar surface area (TPSA) is 73.1 Å². The van der Waals surface area contributed by atoms with Crippen LogP contribution in [0.25, 0.3) is 0 Å². The van der Waals surface area contributed by atoms with Crippen LogP contribution in [0.4, 0.5) is 11.6 Å². The van der Waals surface area contributed by atoms with Crippen molar-refractivity contribution >= 4 is 11.6 Å². The summed E-state index contributed by atoms with van der Waals surface area (Å²) in [5.41, 5.74) is 6.84. The number of rotatable bonds is 3. The molecule has 0 bridgehead atoms. The summed E-state index contributed by atoms with van der Waals surface area (Å²) in [7, 11) is 0. The van der Waals surface area contributed by atoms with Crippen molar-refractivity contribution in [1.29, 1.82) is 0 Å². The van der Waals surface area contributed by atoms with Crippen molar-refractivity contribution < 1.29 is 4.74 Å². The molecule has 20 heavy (non-hydrogen) atoms. The molecule has 5 nitrogen and oxygen atoms in total. The summed E-state index contributed by atoms with van der Waals surface area (Å²) in [4.78, 5) is 9.08. The molecule has 3 N–H and O–H groups in total. The predicted octanol–water partition coefficient (Wildman–Crippen LogP) is 2.50. The van der Waals surface area contributed by atoms with Crippen molar-refractivity contribution in [3.05, 3.63) is 11.4 Å². The average molecular weight is 278 g/mol. The summed E-state index contributed by atoms with van der Waals surface area (Å²) >= 11 is 0. The van der Waals surface area contributed by atoms with Crippen molar-refractivity contribution in [2.24, 2.45) is 5.92 Å². The molecule has 1 aliphatic heterocycles. The molecule has 1 aromatic heterocycles. The van der Waals surface area contributed by atoms with Crippen LogP contribution in [-0.4, -0.2) is 29.2 Å². The second-order valence-corrected chi connectivity index (χ2v) is 6.71. The fourth-order valence-corrected chi connectivity index (χ4v) is 2.29. The fourth-order valence-electron chi connectivity index (χ4n) is 2.29. The Morgan fingerprint density at radius 1 is 1.35 bits per heavy atom. The molecule has 2 rings (SSSR count). The molecule has 2 atom stereocenters. The zero-order valence-corrected chi connectivity index (χ0v) is 13.2. The molecular formula is C15H26N4O.